The fourth-order valence-electron chi connectivity index (χ4n) is 14.4. The lowest BCUT2D eigenvalue weighted by atomic mass is 10.2. The molecule has 0 radical (unpaired) electrons. The number of aromatic nitrogens is 8. The number of unbranched alkanes of at least 4 members (excludes halogenated alkanes) is 2. The highest BCUT2D eigenvalue weighted by Crippen LogP contribution is 2.33. The van der Waals surface area contributed by atoms with Crippen LogP contribution in [-0.2, 0) is 33.6 Å². The van der Waals surface area contributed by atoms with Crippen molar-refractivity contribution < 1.29 is 43.0 Å². The summed E-state index contributed by atoms with van der Waals surface area (Å²) in [7, 11) is 9.51. The Morgan fingerprint density at radius 2 is 0.843 bits per heavy atom. The second-order valence-corrected chi connectivity index (χ2v) is 29.8. The van der Waals surface area contributed by atoms with E-state index in [1.165, 1.54) is 35.9 Å². The number of hydrogen-bond acceptors (Lipinski definition) is 20. The van der Waals surface area contributed by atoms with E-state index >= 15 is 0 Å². The molecule has 12 rings (SSSR count). The number of nitrogens with zero attached hydrogens (tertiary/aromatic N) is 13. The van der Waals surface area contributed by atoms with Crippen LogP contribution >= 0.6 is 0 Å². The molecule has 0 unspecified atom stereocenters. The Bertz CT molecular complexity index is 4960. The van der Waals surface area contributed by atoms with Gasteiger partial charge in [0.2, 0.25) is 41.4 Å². The van der Waals surface area contributed by atoms with Gasteiger partial charge in [0, 0.05) is 145 Å². The zero-order chi connectivity index (χ0) is 80.7. The molecule has 0 saturated carbocycles. The molecule has 2 fully saturated rings. The number of amides is 7. The number of piperazine rings is 2. The molecule has 115 heavy (non-hydrogen) atoms. The van der Waals surface area contributed by atoms with E-state index in [9.17, 15) is 33.6 Å². The first-order valence-corrected chi connectivity index (χ1v) is 40.1. The van der Waals surface area contributed by atoms with Gasteiger partial charge in [0.25, 0.3) is 0 Å². The number of carbonyl (C=O) groups is 7. The Balaban J connectivity index is 0.577. The molecule has 6 aromatic carbocycles. The number of fused-ring (bicyclic) bond motifs is 4. The van der Waals surface area contributed by atoms with Crippen LogP contribution in [0.3, 0.4) is 0 Å². The molecular weight excluding hydrogens is 1460 g/mol. The van der Waals surface area contributed by atoms with Gasteiger partial charge in [0.05, 0.1) is 90.1 Å². The third kappa shape index (κ3) is 22.9. The van der Waals surface area contributed by atoms with E-state index in [4.69, 9.17) is 40.9 Å². The molecule has 2 aliphatic rings. The minimum atomic E-state index is -0.768. The Morgan fingerprint density at radius 1 is 0.426 bits per heavy atom. The van der Waals surface area contributed by atoms with Crippen LogP contribution in [0.5, 0.6) is 11.5 Å². The summed E-state index contributed by atoms with van der Waals surface area (Å²) >= 11 is 0. The molecule has 2 aliphatic heterocycles. The monoisotopic (exact) mass is 1570 g/mol. The zero-order valence-corrected chi connectivity index (χ0v) is 66.8. The van der Waals surface area contributed by atoms with Crippen molar-refractivity contribution in [1.82, 2.24) is 90.1 Å². The van der Waals surface area contributed by atoms with E-state index in [1.54, 1.807) is 7.05 Å². The third-order valence-electron chi connectivity index (χ3n) is 21.1. The normalized spacial score (nSPS) is 13.4. The van der Waals surface area contributed by atoms with Crippen LogP contribution in [0.25, 0.3) is 89.7 Å². The number of H-pyrrole nitrogens is 4. The maximum Gasteiger partial charge on any atom is 0.242 e. The number of benzene rings is 6. The summed E-state index contributed by atoms with van der Waals surface area (Å²) in [5, 5.41) is 9.10. The van der Waals surface area contributed by atoms with Crippen LogP contribution in [0.1, 0.15) is 57.8 Å². The van der Waals surface area contributed by atoms with Crippen LogP contribution in [0, 0.1) is 0 Å². The van der Waals surface area contributed by atoms with Crippen molar-refractivity contribution in [2.45, 2.75) is 57.8 Å². The van der Waals surface area contributed by atoms with Gasteiger partial charge in [-0.25, -0.2) is 19.9 Å². The molecule has 6 heterocycles. The molecule has 7 amide bonds. The van der Waals surface area contributed by atoms with Crippen molar-refractivity contribution in [2.24, 2.45) is 11.5 Å². The van der Waals surface area contributed by atoms with Gasteiger partial charge in [0.15, 0.2) is 0 Å². The fraction of sp³-hybridized carbons (Fsp3) is 0.440. The molecular formula is C84H110N22O9. The van der Waals surface area contributed by atoms with Gasteiger partial charge in [-0.05, 0) is 183 Å². The van der Waals surface area contributed by atoms with Gasteiger partial charge in [-0.2, -0.15) is 0 Å². The first-order chi connectivity index (χ1) is 55.8. The van der Waals surface area contributed by atoms with E-state index in [0.29, 0.717) is 74.8 Å². The molecule has 2 saturated heterocycles. The van der Waals surface area contributed by atoms with Crippen molar-refractivity contribution in [2.75, 3.05) is 196 Å². The molecule has 0 aliphatic carbocycles. The summed E-state index contributed by atoms with van der Waals surface area (Å²) in [6.45, 7) is 8.45. The predicted octanol–water partition coefficient (Wildman–Crippen LogP) is 6.10. The molecule has 10 aromatic rings. The highest BCUT2D eigenvalue weighted by molar-refractivity contribution is 5.93. The SMILES string of the molecule is CNCCCCN(CC(=O)N(CCCCNC)CC(=O)N(CCN)CC(=O)N(CCCNC(=O)CCCOc1cccc(-c2nc3ccc(-c4nc5cc(N6CCN(C)CC6)ccc5[nH]4)cc3[nH]2)c1)CC(N)=O)C(=O)CN(C)C(=O)CCCOc1cccc(-c2nc3ccc(-c4nc5cc(N6CCN(C)CC6)ccc5[nH]4)cc3[nH]2)c1. The van der Waals surface area contributed by atoms with Gasteiger partial charge in [-0.15, -0.1) is 0 Å². The summed E-state index contributed by atoms with van der Waals surface area (Å²) in [5.74, 6) is 0.780. The molecule has 0 bridgehead atoms. The van der Waals surface area contributed by atoms with Crippen LogP contribution in [0.2, 0.25) is 0 Å². The van der Waals surface area contributed by atoms with Gasteiger partial charge in [-0.3, -0.25) is 33.6 Å². The lowest BCUT2D eigenvalue weighted by Crippen LogP contribution is -2.52. The average molecular weight is 1570 g/mol. The number of carbonyl (C=O) groups excluding carboxylic acids is 7. The third-order valence-corrected chi connectivity index (χ3v) is 21.1. The number of nitrogens with one attached hydrogen (secondary N) is 7. The largest absolute Gasteiger partial charge is 0.494 e. The summed E-state index contributed by atoms with van der Waals surface area (Å²) in [6, 6.07) is 40.1. The number of aromatic amines is 4. The van der Waals surface area contributed by atoms with Crippen LogP contribution in [0.4, 0.5) is 11.4 Å². The second kappa shape index (κ2) is 40.5. The topological polar surface area (TPSA) is 370 Å². The Labute approximate surface area is 670 Å². The van der Waals surface area contributed by atoms with E-state index in [-0.39, 0.29) is 96.6 Å². The molecule has 0 spiro atoms. The number of ether oxygens (including phenoxy) is 2. The Kier molecular flexibility index (Phi) is 29.2. The average Bonchev–Trinajstić information content (AvgIpc) is 1.64. The smallest absolute Gasteiger partial charge is 0.242 e. The lowest BCUT2D eigenvalue weighted by Gasteiger charge is -2.34. The standard InChI is InChI=1S/C84H110N22O9/c1-87-30-6-8-33-104(77(110)54-100(5)76(109)20-13-46-115-65-18-11-16-59(48-65)82-91-67-26-22-61(50-71(67)95-82)84-93-69-28-24-63(52-73(69)97-84)102-43-39-99(4)40-44-102)55-79(112)105(34-9-7-31-88-2)56-80(113)106(36-29-85)57-78(111)103(53-74(86)107)35-14-32-89-75(108)19-12-45-114-64-17-10-15-58(47-64)81-90-66-25-21-60(49-70(66)94-81)83-92-68-27-23-62(51-72(68)96-83)101-41-37-98(3)38-42-101/h10-11,15-18,21-28,47-52,87-88H,6-9,12-14,19-20,29-46,53-57,85H2,1-5H3,(H2,86,107)(H,89,108)(H,90,94)(H,91,95)(H,92,96)(H,93,97). The van der Waals surface area contributed by atoms with Crippen LogP contribution < -0.4 is 46.7 Å². The number of rotatable bonds is 42. The number of hydrogen-bond donors (Lipinski definition) is 9. The maximum atomic E-state index is 14.5. The molecule has 11 N–H and O–H groups in total. The van der Waals surface area contributed by atoms with Gasteiger partial charge >= 0.3 is 0 Å². The summed E-state index contributed by atoms with van der Waals surface area (Å²) < 4.78 is 12.2. The minimum absolute atomic E-state index is 0.0115. The number of primary amides is 1. The first-order valence-electron chi connectivity index (χ1n) is 40.1. The quantitative estimate of drug-likeness (QED) is 0.0195. The van der Waals surface area contributed by atoms with Crippen molar-refractivity contribution in [3.05, 3.63) is 121 Å². The zero-order valence-electron chi connectivity index (χ0n) is 66.8. The van der Waals surface area contributed by atoms with Gasteiger partial charge in [-0.1, -0.05) is 24.3 Å². The van der Waals surface area contributed by atoms with E-state index in [2.05, 4.69) is 106 Å². The van der Waals surface area contributed by atoms with Crippen LogP contribution in [0.15, 0.2) is 121 Å². The minimum Gasteiger partial charge on any atom is -0.494 e. The number of nitrogens with two attached hydrogens (primary N) is 2. The number of imidazole rings is 4. The Hall–Kier alpha value is -11.5. The van der Waals surface area contributed by atoms with Crippen molar-refractivity contribution >= 4 is 96.9 Å². The number of likely N-dealkylation sites (N-methyl/N-ethyl adjacent to an activating group) is 3. The maximum absolute atomic E-state index is 14.5. The molecule has 0 atom stereocenters. The predicted molar refractivity (Wildman–Crippen MR) is 448 cm³/mol. The van der Waals surface area contributed by atoms with E-state index in [1.807, 2.05) is 99.0 Å². The van der Waals surface area contributed by atoms with E-state index in [0.717, 1.165) is 130 Å². The molecule has 31 heteroatoms. The molecule has 31 nitrogen and oxygen atoms in total. The molecule has 4 aromatic heterocycles. The first kappa shape index (κ1) is 82.9. The summed E-state index contributed by atoms with van der Waals surface area (Å²) in [5.41, 5.74) is 24.6. The van der Waals surface area contributed by atoms with Gasteiger partial charge in [0.1, 0.15) is 34.8 Å². The Morgan fingerprint density at radius 3 is 1.30 bits per heavy atom. The highest BCUT2D eigenvalue weighted by Gasteiger charge is 2.29. The van der Waals surface area contributed by atoms with E-state index < -0.39 is 49.2 Å². The van der Waals surface area contributed by atoms with Crippen molar-refractivity contribution in [1.29, 1.82) is 0 Å². The lowest BCUT2D eigenvalue weighted by molar-refractivity contribution is -0.147. The van der Waals surface area contributed by atoms with Gasteiger partial charge < -0.3 is 101 Å². The summed E-state index contributed by atoms with van der Waals surface area (Å²) in [4.78, 5) is 146. The van der Waals surface area contributed by atoms with Crippen molar-refractivity contribution in [3.8, 4) is 57.1 Å². The number of anilines is 2. The summed E-state index contributed by atoms with van der Waals surface area (Å²) in [6.07, 6.45) is 3.79. The molecule has 610 valence electrons. The fourth-order valence-corrected chi connectivity index (χ4v) is 14.4. The highest BCUT2D eigenvalue weighted by atomic mass is 16.5. The van der Waals surface area contributed by atoms with Crippen LogP contribution in [-0.4, -0.2) is 301 Å². The second-order valence-electron chi connectivity index (χ2n) is 29.8. The van der Waals surface area contributed by atoms with Crippen molar-refractivity contribution in [3.63, 3.8) is 0 Å².